The summed E-state index contributed by atoms with van der Waals surface area (Å²) in [5.74, 6) is 0.0648. The molecule has 3 heteroatoms. The van der Waals surface area contributed by atoms with Gasteiger partial charge in [-0.15, -0.1) is 0 Å². The molecule has 0 unspecified atom stereocenters. The van der Waals surface area contributed by atoms with Gasteiger partial charge in [-0.2, -0.15) is 0 Å². The van der Waals surface area contributed by atoms with Crippen LogP contribution in [0.2, 0.25) is 0 Å². The Kier molecular flexibility index (Phi) is 5.18. The maximum Gasteiger partial charge on any atom is 0.222 e. The van der Waals surface area contributed by atoms with Crippen molar-refractivity contribution in [2.75, 3.05) is 11.9 Å². The molecule has 1 amide bonds. The molecule has 104 valence electrons. The second-order valence-electron chi connectivity index (χ2n) is 4.75. The summed E-state index contributed by atoms with van der Waals surface area (Å²) >= 11 is 0. The zero-order valence-corrected chi connectivity index (χ0v) is 11.7. The average Bonchev–Trinajstić information content (AvgIpc) is 2.48. The van der Waals surface area contributed by atoms with E-state index in [0.717, 1.165) is 11.3 Å². The van der Waals surface area contributed by atoms with Crippen LogP contribution in [-0.2, 0) is 11.3 Å². The maximum atomic E-state index is 11.7. The highest BCUT2D eigenvalue weighted by atomic mass is 16.1. The van der Waals surface area contributed by atoms with Crippen molar-refractivity contribution in [2.24, 2.45) is 0 Å². The molecule has 2 rings (SSSR count). The highest BCUT2D eigenvalue weighted by Crippen LogP contribution is 2.12. The van der Waals surface area contributed by atoms with E-state index in [4.69, 9.17) is 0 Å². The molecule has 0 saturated heterocycles. The molecule has 0 spiro atoms. The van der Waals surface area contributed by atoms with E-state index in [1.807, 2.05) is 48.5 Å². The molecule has 20 heavy (non-hydrogen) atoms. The number of carbonyl (C=O) groups excluding carboxylic acids is 1. The Morgan fingerprint density at radius 1 is 1.00 bits per heavy atom. The van der Waals surface area contributed by atoms with Gasteiger partial charge in [0.15, 0.2) is 0 Å². The first kappa shape index (κ1) is 14.1. The molecule has 0 fully saturated rings. The van der Waals surface area contributed by atoms with Gasteiger partial charge in [-0.3, -0.25) is 4.79 Å². The van der Waals surface area contributed by atoms with E-state index in [1.165, 1.54) is 5.56 Å². The predicted octanol–water partition coefficient (Wildman–Crippen LogP) is 3.11. The highest BCUT2D eigenvalue weighted by Gasteiger charge is 2.02. The van der Waals surface area contributed by atoms with Crippen molar-refractivity contribution < 1.29 is 4.79 Å². The zero-order chi connectivity index (χ0) is 14.2. The molecule has 0 aliphatic rings. The van der Waals surface area contributed by atoms with Crippen molar-refractivity contribution in [2.45, 2.75) is 19.9 Å². The van der Waals surface area contributed by atoms with Crippen LogP contribution in [0.3, 0.4) is 0 Å². The summed E-state index contributed by atoms with van der Waals surface area (Å²) < 4.78 is 0. The van der Waals surface area contributed by atoms with Gasteiger partial charge in [0, 0.05) is 25.2 Å². The lowest BCUT2D eigenvalue weighted by molar-refractivity contribution is -0.121. The fourth-order valence-electron chi connectivity index (χ4n) is 1.97. The van der Waals surface area contributed by atoms with Crippen LogP contribution in [0.1, 0.15) is 17.5 Å². The topological polar surface area (TPSA) is 41.1 Å². The molecule has 0 aromatic heterocycles. The first-order valence-electron chi connectivity index (χ1n) is 6.86. The van der Waals surface area contributed by atoms with E-state index in [-0.39, 0.29) is 5.91 Å². The Morgan fingerprint density at radius 2 is 1.70 bits per heavy atom. The van der Waals surface area contributed by atoms with Crippen LogP contribution in [0.5, 0.6) is 0 Å². The lowest BCUT2D eigenvalue weighted by Gasteiger charge is -2.09. The summed E-state index contributed by atoms with van der Waals surface area (Å²) in [6.45, 7) is 3.29. The van der Waals surface area contributed by atoms with E-state index in [9.17, 15) is 4.79 Å². The molecule has 0 saturated carbocycles. The summed E-state index contributed by atoms with van der Waals surface area (Å²) in [7, 11) is 0. The molecule has 0 bridgehead atoms. The third-order valence-corrected chi connectivity index (χ3v) is 3.15. The van der Waals surface area contributed by atoms with E-state index < -0.39 is 0 Å². The van der Waals surface area contributed by atoms with Crippen molar-refractivity contribution in [3.63, 3.8) is 0 Å². The van der Waals surface area contributed by atoms with Crippen LogP contribution in [0.4, 0.5) is 5.69 Å². The minimum Gasteiger partial charge on any atom is -0.384 e. The van der Waals surface area contributed by atoms with Gasteiger partial charge in [0.2, 0.25) is 5.91 Å². The summed E-state index contributed by atoms with van der Waals surface area (Å²) in [4.78, 5) is 11.7. The van der Waals surface area contributed by atoms with Gasteiger partial charge < -0.3 is 10.6 Å². The number of aryl methyl sites for hydroxylation is 1. The predicted molar refractivity (Wildman–Crippen MR) is 82.6 cm³/mol. The molecule has 0 aliphatic heterocycles. The fraction of sp³-hybridized carbons (Fsp3) is 0.235. The molecule has 2 aromatic carbocycles. The van der Waals surface area contributed by atoms with Gasteiger partial charge in [0.1, 0.15) is 0 Å². The first-order chi connectivity index (χ1) is 9.75. The lowest BCUT2D eigenvalue weighted by Crippen LogP contribution is -2.24. The monoisotopic (exact) mass is 268 g/mol. The number of carbonyl (C=O) groups is 1. The Morgan fingerprint density at radius 3 is 2.45 bits per heavy atom. The van der Waals surface area contributed by atoms with Gasteiger partial charge in [-0.05, 0) is 24.1 Å². The van der Waals surface area contributed by atoms with E-state index in [1.54, 1.807) is 0 Å². The third-order valence-electron chi connectivity index (χ3n) is 3.15. The van der Waals surface area contributed by atoms with E-state index in [2.05, 4.69) is 23.6 Å². The van der Waals surface area contributed by atoms with Crippen molar-refractivity contribution in [1.29, 1.82) is 0 Å². The maximum absolute atomic E-state index is 11.7. The molecule has 0 atom stereocenters. The van der Waals surface area contributed by atoms with Crippen molar-refractivity contribution in [3.8, 4) is 0 Å². The second-order valence-corrected chi connectivity index (χ2v) is 4.75. The minimum absolute atomic E-state index is 0.0648. The summed E-state index contributed by atoms with van der Waals surface area (Å²) in [5, 5.41) is 6.20. The van der Waals surface area contributed by atoms with Crippen LogP contribution in [0, 0.1) is 6.92 Å². The first-order valence-corrected chi connectivity index (χ1v) is 6.86. The number of anilines is 1. The summed E-state index contributed by atoms with van der Waals surface area (Å²) in [6.07, 6.45) is 0.473. The van der Waals surface area contributed by atoms with E-state index >= 15 is 0 Å². The average molecular weight is 268 g/mol. The quantitative estimate of drug-likeness (QED) is 0.845. The number of amides is 1. The largest absolute Gasteiger partial charge is 0.384 e. The normalized spacial score (nSPS) is 10.1. The number of rotatable bonds is 6. The number of nitrogens with one attached hydrogen (secondary N) is 2. The molecular formula is C17H20N2O. The molecular weight excluding hydrogens is 248 g/mol. The lowest BCUT2D eigenvalue weighted by atomic mass is 10.2. The third kappa shape index (κ3) is 4.43. The van der Waals surface area contributed by atoms with E-state index in [0.29, 0.717) is 19.5 Å². The van der Waals surface area contributed by atoms with Crippen molar-refractivity contribution in [3.05, 3.63) is 65.7 Å². The van der Waals surface area contributed by atoms with Crippen molar-refractivity contribution in [1.82, 2.24) is 5.32 Å². The Bertz CT molecular complexity index is 552. The minimum atomic E-state index is 0.0648. The smallest absolute Gasteiger partial charge is 0.222 e. The second kappa shape index (κ2) is 7.34. The molecule has 0 radical (unpaired) electrons. The summed E-state index contributed by atoms with van der Waals surface area (Å²) in [5.41, 5.74) is 3.40. The van der Waals surface area contributed by atoms with Crippen LogP contribution in [0.25, 0.3) is 0 Å². The highest BCUT2D eigenvalue weighted by molar-refractivity contribution is 5.76. The zero-order valence-electron chi connectivity index (χ0n) is 11.7. The molecule has 3 nitrogen and oxygen atoms in total. The molecule has 0 aliphatic carbocycles. The molecule has 2 N–H and O–H groups in total. The van der Waals surface area contributed by atoms with Crippen LogP contribution < -0.4 is 10.6 Å². The standard InChI is InChI=1S/C17H20N2O/c1-14-7-5-6-10-16(14)18-12-11-17(20)19-13-15-8-3-2-4-9-15/h2-10,18H,11-13H2,1H3,(H,19,20). The number of hydrogen-bond acceptors (Lipinski definition) is 2. The van der Waals surface area contributed by atoms with Gasteiger partial charge in [-0.1, -0.05) is 48.5 Å². The van der Waals surface area contributed by atoms with Gasteiger partial charge >= 0.3 is 0 Å². The molecule has 2 aromatic rings. The summed E-state index contributed by atoms with van der Waals surface area (Å²) in [6, 6.07) is 18.0. The SMILES string of the molecule is Cc1ccccc1NCCC(=O)NCc1ccccc1. The van der Waals surface area contributed by atoms with Crippen LogP contribution in [0.15, 0.2) is 54.6 Å². The van der Waals surface area contributed by atoms with Crippen LogP contribution in [-0.4, -0.2) is 12.5 Å². The van der Waals surface area contributed by atoms with Crippen molar-refractivity contribution >= 4 is 11.6 Å². The Labute approximate surface area is 120 Å². The molecule has 0 heterocycles. The van der Waals surface area contributed by atoms with Gasteiger partial charge in [-0.25, -0.2) is 0 Å². The number of benzene rings is 2. The Hall–Kier alpha value is -2.29. The number of hydrogen-bond donors (Lipinski definition) is 2. The Balaban J connectivity index is 1.69. The van der Waals surface area contributed by atoms with Crippen LogP contribution >= 0.6 is 0 Å². The van der Waals surface area contributed by atoms with Gasteiger partial charge in [0.05, 0.1) is 0 Å². The number of para-hydroxylation sites is 1. The fourth-order valence-corrected chi connectivity index (χ4v) is 1.97. The van der Waals surface area contributed by atoms with Gasteiger partial charge in [0.25, 0.3) is 0 Å².